The zero-order valence-electron chi connectivity index (χ0n) is 8.15. The Balaban J connectivity index is 3.17. The molecule has 1 aromatic rings. The molecule has 0 heterocycles. The number of amides is 1. The monoisotopic (exact) mass is 236 g/mol. The van der Waals surface area contributed by atoms with Gasteiger partial charge in [-0.2, -0.15) is 0 Å². The largest absolute Gasteiger partial charge is 0.369 e. The Morgan fingerprint density at radius 3 is 2.06 bits per heavy atom. The van der Waals surface area contributed by atoms with E-state index in [2.05, 4.69) is 0 Å². The van der Waals surface area contributed by atoms with Crippen LogP contribution >= 0.6 is 0 Å². The van der Waals surface area contributed by atoms with Gasteiger partial charge in [0.05, 0.1) is 0 Å². The van der Waals surface area contributed by atoms with Crippen molar-refractivity contribution in [3.05, 3.63) is 29.3 Å². The summed E-state index contributed by atoms with van der Waals surface area (Å²) in [7, 11) is 0. The number of hydrogen-bond acceptors (Lipinski definition) is 2. The van der Waals surface area contributed by atoms with Gasteiger partial charge in [-0.05, 0) is 6.92 Å². The zero-order chi connectivity index (χ0) is 12.5. The molecule has 0 aromatic heterocycles. The molecule has 0 fully saturated rings. The van der Waals surface area contributed by atoms with Gasteiger partial charge in [-0.25, -0.2) is 17.6 Å². The smallest absolute Gasteiger partial charge is 0.239 e. The summed E-state index contributed by atoms with van der Waals surface area (Å²) in [6, 6.07) is -1.09. The van der Waals surface area contributed by atoms with Gasteiger partial charge in [-0.1, -0.05) is 0 Å². The van der Waals surface area contributed by atoms with Gasteiger partial charge >= 0.3 is 0 Å². The number of hydrogen-bond donors (Lipinski definition) is 2. The number of primary amides is 1. The number of rotatable bonds is 3. The van der Waals surface area contributed by atoms with Crippen LogP contribution in [-0.4, -0.2) is 11.9 Å². The van der Waals surface area contributed by atoms with Crippen molar-refractivity contribution in [1.29, 1.82) is 0 Å². The molecule has 3 nitrogen and oxygen atoms in total. The van der Waals surface area contributed by atoms with Crippen LogP contribution in [-0.2, 0) is 4.79 Å². The summed E-state index contributed by atoms with van der Waals surface area (Å²) >= 11 is 0. The lowest BCUT2D eigenvalue weighted by Crippen LogP contribution is -2.33. The Bertz CT molecular complexity index is 410. The summed E-state index contributed by atoms with van der Waals surface area (Å²) < 4.78 is 51.6. The second-order valence-electron chi connectivity index (χ2n) is 3.11. The molecule has 0 saturated carbocycles. The quantitative estimate of drug-likeness (QED) is 0.617. The fourth-order valence-electron chi connectivity index (χ4n) is 0.988. The van der Waals surface area contributed by atoms with E-state index in [0.717, 1.165) is 0 Å². The van der Waals surface area contributed by atoms with Crippen molar-refractivity contribution in [3.63, 3.8) is 0 Å². The minimum Gasteiger partial charge on any atom is -0.369 e. The molecule has 16 heavy (non-hydrogen) atoms. The Kier molecular flexibility index (Phi) is 3.36. The molecule has 88 valence electrons. The summed E-state index contributed by atoms with van der Waals surface area (Å²) in [6.07, 6.45) is 0. The van der Waals surface area contributed by atoms with Crippen molar-refractivity contribution in [1.82, 2.24) is 0 Å². The highest BCUT2D eigenvalue weighted by Crippen LogP contribution is 2.24. The van der Waals surface area contributed by atoms with Crippen molar-refractivity contribution < 1.29 is 22.4 Å². The van der Waals surface area contributed by atoms with Gasteiger partial charge in [0, 0.05) is 6.07 Å². The molecule has 7 heteroatoms. The maximum Gasteiger partial charge on any atom is 0.239 e. The molecule has 0 aliphatic carbocycles. The summed E-state index contributed by atoms with van der Waals surface area (Å²) in [6.45, 7) is 1.20. The van der Waals surface area contributed by atoms with E-state index < -0.39 is 40.9 Å². The number of nitrogens with one attached hydrogen (secondary N) is 1. The van der Waals surface area contributed by atoms with Crippen molar-refractivity contribution in [2.24, 2.45) is 5.73 Å². The Morgan fingerprint density at radius 2 is 1.69 bits per heavy atom. The number of benzene rings is 1. The second kappa shape index (κ2) is 4.38. The number of anilines is 1. The number of carbonyl (C=O) groups excluding carboxylic acids is 1. The summed E-state index contributed by atoms with van der Waals surface area (Å²) in [5.74, 6) is -7.24. The molecular formula is C9H8F4N2O. The third kappa shape index (κ3) is 2.23. The summed E-state index contributed by atoms with van der Waals surface area (Å²) in [4.78, 5) is 10.6. The molecule has 0 bridgehead atoms. The molecule has 0 saturated heterocycles. The van der Waals surface area contributed by atoms with Crippen LogP contribution in [0, 0.1) is 23.3 Å². The second-order valence-corrected chi connectivity index (χ2v) is 3.11. The molecule has 0 radical (unpaired) electrons. The summed E-state index contributed by atoms with van der Waals surface area (Å²) in [5, 5.41) is 1.96. The van der Waals surface area contributed by atoms with Gasteiger partial charge < -0.3 is 11.1 Å². The molecule has 3 N–H and O–H groups in total. The van der Waals surface area contributed by atoms with Gasteiger partial charge in [0.2, 0.25) is 5.91 Å². The van der Waals surface area contributed by atoms with E-state index in [1.165, 1.54) is 6.92 Å². The lowest BCUT2D eigenvalue weighted by Gasteiger charge is -2.13. The predicted octanol–water partition coefficient (Wildman–Crippen LogP) is 1.53. The molecule has 1 atom stereocenters. The van der Waals surface area contributed by atoms with Crippen LogP contribution in [0.4, 0.5) is 23.2 Å². The summed E-state index contributed by atoms with van der Waals surface area (Å²) in [5.41, 5.74) is 3.77. The average molecular weight is 236 g/mol. The van der Waals surface area contributed by atoms with E-state index in [-0.39, 0.29) is 6.07 Å². The normalized spacial score (nSPS) is 12.3. The topological polar surface area (TPSA) is 55.1 Å². The van der Waals surface area contributed by atoms with E-state index in [1.54, 1.807) is 0 Å². The van der Waals surface area contributed by atoms with E-state index in [9.17, 15) is 22.4 Å². The molecule has 1 aromatic carbocycles. The first-order valence-corrected chi connectivity index (χ1v) is 4.23. The van der Waals surface area contributed by atoms with Gasteiger partial charge in [0.15, 0.2) is 23.3 Å². The molecule has 1 rings (SSSR count). The average Bonchev–Trinajstić information content (AvgIpc) is 2.21. The first kappa shape index (κ1) is 12.3. The van der Waals surface area contributed by atoms with Gasteiger partial charge in [-0.3, -0.25) is 4.79 Å². The first-order valence-electron chi connectivity index (χ1n) is 4.23. The number of halogens is 4. The van der Waals surface area contributed by atoms with Crippen molar-refractivity contribution in [2.45, 2.75) is 13.0 Å². The lowest BCUT2D eigenvalue weighted by molar-refractivity contribution is -0.118. The van der Waals surface area contributed by atoms with Crippen LogP contribution in [0.15, 0.2) is 6.07 Å². The standard InChI is InChI=1S/C9H8F4N2O/c1-3(9(14)16)15-8-6(12)4(10)2-5(11)7(8)13/h2-3,15H,1H3,(H2,14,16). The predicted molar refractivity (Wildman–Crippen MR) is 48.6 cm³/mol. The maximum absolute atomic E-state index is 13.1. The maximum atomic E-state index is 13.1. The van der Waals surface area contributed by atoms with E-state index in [4.69, 9.17) is 5.73 Å². The Labute approximate surface area is 88.2 Å². The minimum absolute atomic E-state index is 0.0742. The van der Waals surface area contributed by atoms with Gasteiger partial charge in [-0.15, -0.1) is 0 Å². The van der Waals surface area contributed by atoms with Crippen LogP contribution in [0.1, 0.15) is 6.92 Å². The number of carbonyl (C=O) groups is 1. The highest BCUT2D eigenvalue weighted by atomic mass is 19.2. The van der Waals surface area contributed by atoms with Crippen molar-refractivity contribution in [2.75, 3.05) is 5.32 Å². The zero-order valence-corrected chi connectivity index (χ0v) is 8.15. The lowest BCUT2D eigenvalue weighted by atomic mass is 10.2. The molecule has 1 unspecified atom stereocenters. The minimum atomic E-state index is -1.60. The highest BCUT2D eigenvalue weighted by molar-refractivity contribution is 5.82. The SMILES string of the molecule is CC(Nc1c(F)c(F)cc(F)c1F)C(N)=O. The van der Waals surface area contributed by atoms with E-state index >= 15 is 0 Å². The molecule has 0 aliphatic heterocycles. The van der Waals surface area contributed by atoms with Gasteiger partial charge in [0.25, 0.3) is 0 Å². The van der Waals surface area contributed by atoms with E-state index in [1.807, 2.05) is 5.32 Å². The third-order valence-corrected chi connectivity index (χ3v) is 1.90. The Hall–Kier alpha value is -1.79. The third-order valence-electron chi connectivity index (χ3n) is 1.90. The molecular weight excluding hydrogens is 228 g/mol. The van der Waals surface area contributed by atoms with E-state index in [0.29, 0.717) is 0 Å². The van der Waals surface area contributed by atoms with Crippen molar-refractivity contribution in [3.8, 4) is 0 Å². The van der Waals surface area contributed by atoms with Crippen molar-refractivity contribution >= 4 is 11.6 Å². The van der Waals surface area contributed by atoms with Crippen LogP contribution in [0.25, 0.3) is 0 Å². The highest BCUT2D eigenvalue weighted by Gasteiger charge is 2.21. The van der Waals surface area contributed by atoms with Crippen LogP contribution in [0.3, 0.4) is 0 Å². The van der Waals surface area contributed by atoms with Crippen LogP contribution < -0.4 is 11.1 Å². The fraction of sp³-hybridized carbons (Fsp3) is 0.222. The van der Waals surface area contributed by atoms with Crippen LogP contribution in [0.5, 0.6) is 0 Å². The molecule has 0 spiro atoms. The number of nitrogens with two attached hydrogens (primary N) is 1. The van der Waals surface area contributed by atoms with Crippen LogP contribution in [0.2, 0.25) is 0 Å². The molecule has 1 amide bonds. The Morgan fingerprint density at radius 1 is 1.25 bits per heavy atom. The van der Waals surface area contributed by atoms with Gasteiger partial charge in [0.1, 0.15) is 11.7 Å². The first-order chi connectivity index (χ1) is 7.34. The fourth-order valence-corrected chi connectivity index (χ4v) is 0.988. The molecule has 0 aliphatic rings.